The Kier molecular flexibility index (Phi) is 21.3. The van der Waals surface area contributed by atoms with Crippen LogP contribution in [0, 0.1) is 11.8 Å². The molecule has 0 saturated heterocycles. The average molecular weight is 684 g/mol. The summed E-state index contributed by atoms with van der Waals surface area (Å²) in [5, 5.41) is 7.20. The van der Waals surface area contributed by atoms with Crippen molar-refractivity contribution in [1.29, 1.82) is 0 Å². The van der Waals surface area contributed by atoms with Crippen LogP contribution in [0.15, 0.2) is 0 Å². The van der Waals surface area contributed by atoms with Gasteiger partial charge in [-0.25, -0.2) is 0 Å². The van der Waals surface area contributed by atoms with Gasteiger partial charge in [0, 0.05) is 38.1 Å². The molecule has 0 spiro atoms. The minimum atomic E-state index is -0.815. The largest absolute Gasteiger partial charge is 0.468 e. The van der Waals surface area contributed by atoms with Gasteiger partial charge in [0.1, 0.15) is 25.4 Å². The molecule has 0 radical (unpaired) electrons. The highest BCUT2D eigenvalue weighted by atomic mass is 16.5. The maximum atomic E-state index is 12.7. The zero-order chi connectivity index (χ0) is 36.8. The standard InChI is InChI=1S/C31H49N5O12/c1-20(2)7-9-25(40)34-15-29(44)36(19-31(46)48-6)17-27(42)32-12-11-23(38)16-35(18-30(45)47-5)28(43)10-8-22(37)14-33-26(41)13-24(39)21(3)4/h20-21H,7-19H2,1-6H3,(H,32,42)(H,33,41)(H,34,40). The highest BCUT2D eigenvalue weighted by Gasteiger charge is 2.23. The van der Waals surface area contributed by atoms with Crippen LogP contribution in [0.2, 0.25) is 0 Å². The van der Waals surface area contributed by atoms with Crippen LogP contribution in [0.4, 0.5) is 0 Å². The third-order valence-electron chi connectivity index (χ3n) is 6.69. The molecule has 0 aromatic rings. The average Bonchev–Trinajstić information content (AvgIpc) is 3.02. The Labute approximate surface area is 280 Å². The van der Waals surface area contributed by atoms with E-state index in [9.17, 15) is 47.9 Å². The van der Waals surface area contributed by atoms with Crippen LogP contribution >= 0.6 is 0 Å². The Bertz CT molecular complexity index is 1180. The first-order valence-corrected chi connectivity index (χ1v) is 15.5. The number of rotatable bonds is 24. The lowest BCUT2D eigenvalue weighted by Crippen LogP contribution is -2.47. The van der Waals surface area contributed by atoms with E-state index in [1.54, 1.807) is 13.8 Å². The molecule has 5 amide bonds. The summed E-state index contributed by atoms with van der Waals surface area (Å²) in [5.41, 5.74) is 0. The lowest BCUT2D eigenvalue weighted by Gasteiger charge is -2.22. The second-order valence-electron chi connectivity index (χ2n) is 11.6. The molecule has 0 heterocycles. The third-order valence-corrected chi connectivity index (χ3v) is 6.69. The molecule has 17 heteroatoms. The van der Waals surface area contributed by atoms with Gasteiger partial charge in [0.15, 0.2) is 11.6 Å². The van der Waals surface area contributed by atoms with Gasteiger partial charge in [0.2, 0.25) is 29.5 Å². The number of nitrogens with zero attached hydrogens (tertiary/aromatic N) is 2. The van der Waals surface area contributed by atoms with Gasteiger partial charge in [0.05, 0.1) is 40.3 Å². The molecule has 0 aliphatic rings. The van der Waals surface area contributed by atoms with Crippen molar-refractivity contribution < 1.29 is 57.4 Å². The lowest BCUT2D eigenvalue weighted by molar-refractivity contribution is -0.148. The van der Waals surface area contributed by atoms with E-state index >= 15 is 0 Å². The smallest absolute Gasteiger partial charge is 0.325 e. The van der Waals surface area contributed by atoms with Crippen LogP contribution in [0.1, 0.15) is 66.2 Å². The number of carbonyl (C=O) groups is 10. The van der Waals surface area contributed by atoms with E-state index in [2.05, 4.69) is 25.4 Å². The second kappa shape index (κ2) is 23.6. The highest BCUT2D eigenvalue weighted by molar-refractivity contribution is 6.00. The predicted octanol–water partition coefficient (Wildman–Crippen LogP) is -1.30. The number of ether oxygens (including phenoxy) is 2. The number of ketones is 3. The molecule has 48 heavy (non-hydrogen) atoms. The number of Topliss-reactive ketones (excluding diaryl/α,β-unsaturated/α-hetero) is 3. The number of nitrogens with one attached hydrogen (secondary N) is 3. The van der Waals surface area contributed by atoms with Crippen molar-refractivity contribution in [2.24, 2.45) is 11.8 Å². The molecule has 0 fully saturated rings. The van der Waals surface area contributed by atoms with Crippen LogP contribution in [0.3, 0.4) is 0 Å². The molecule has 0 bridgehead atoms. The first kappa shape index (κ1) is 43.3. The number of hydrogen-bond acceptors (Lipinski definition) is 12. The van der Waals surface area contributed by atoms with E-state index in [4.69, 9.17) is 0 Å². The molecule has 3 N–H and O–H groups in total. The zero-order valence-electron chi connectivity index (χ0n) is 28.6. The summed E-state index contributed by atoms with van der Waals surface area (Å²) in [6.45, 7) is 3.89. The molecular formula is C31H49N5O12. The minimum absolute atomic E-state index is 0.207. The molecule has 17 nitrogen and oxygen atoms in total. The van der Waals surface area contributed by atoms with Crippen molar-refractivity contribution in [3.63, 3.8) is 0 Å². The van der Waals surface area contributed by atoms with E-state index in [1.165, 1.54) is 0 Å². The molecule has 0 aromatic carbocycles. The Balaban J connectivity index is 4.97. The summed E-state index contributed by atoms with van der Waals surface area (Å²) in [6.07, 6.45) is -0.495. The quantitative estimate of drug-likeness (QED) is 0.0796. The van der Waals surface area contributed by atoms with E-state index < -0.39 is 86.4 Å². The Morgan fingerprint density at radius 1 is 0.562 bits per heavy atom. The van der Waals surface area contributed by atoms with E-state index in [-0.39, 0.29) is 62.2 Å². The summed E-state index contributed by atoms with van der Waals surface area (Å²) in [7, 11) is 2.20. The van der Waals surface area contributed by atoms with Crippen LogP contribution < -0.4 is 16.0 Å². The fraction of sp³-hybridized carbons (Fsp3) is 0.677. The van der Waals surface area contributed by atoms with Crippen molar-refractivity contribution >= 4 is 58.8 Å². The molecule has 0 unspecified atom stereocenters. The minimum Gasteiger partial charge on any atom is -0.468 e. The van der Waals surface area contributed by atoms with Crippen LogP contribution in [-0.2, 0) is 57.4 Å². The van der Waals surface area contributed by atoms with Crippen molar-refractivity contribution in [2.75, 3.05) is 60.0 Å². The maximum Gasteiger partial charge on any atom is 0.325 e. The van der Waals surface area contributed by atoms with Crippen molar-refractivity contribution in [3.05, 3.63) is 0 Å². The molecule has 270 valence electrons. The maximum absolute atomic E-state index is 12.7. The molecule has 0 saturated carbocycles. The van der Waals surface area contributed by atoms with Crippen LogP contribution in [0.5, 0.6) is 0 Å². The zero-order valence-corrected chi connectivity index (χ0v) is 28.6. The SMILES string of the molecule is COC(=O)CN(CC(=O)CCNC(=O)CN(CC(=O)OC)C(=O)CNC(=O)CCC(C)C)C(=O)CCC(=O)CNC(=O)CC(=O)C(C)C. The Morgan fingerprint density at radius 3 is 1.67 bits per heavy atom. The molecule has 0 aromatic heterocycles. The van der Waals surface area contributed by atoms with Gasteiger partial charge in [-0.2, -0.15) is 0 Å². The van der Waals surface area contributed by atoms with Gasteiger partial charge in [-0.1, -0.05) is 27.7 Å². The summed E-state index contributed by atoms with van der Waals surface area (Å²) in [6, 6.07) is 0. The number of esters is 2. The Hall–Kier alpha value is -4.70. The predicted molar refractivity (Wildman–Crippen MR) is 169 cm³/mol. The first-order valence-electron chi connectivity index (χ1n) is 15.5. The fourth-order valence-corrected chi connectivity index (χ4v) is 3.68. The van der Waals surface area contributed by atoms with Gasteiger partial charge in [-0.15, -0.1) is 0 Å². The number of hydrogen-bond donors (Lipinski definition) is 3. The van der Waals surface area contributed by atoms with Gasteiger partial charge in [-0.05, 0) is 12.3 Å². The number of carbonyl (C=O) groups excluding carboxylic acids is 10. The van der Waals surface area contributed by atoms with E-state index in [0.29, 0.717) is 6.42 Å². The van der Waals surface area contributed by atoms with Gasteiger partial charge in [0.25, 0.3) is 0 Å². The molecule has 0 atom stereocenters. The Morgan fingerprint density at radius 2 is 1.12 bits per heavy atom. The van der Waals surface area contributed by atoms with Gasteiger partial charge in [-0.3, -0.25) is 47.9 Å². The molecule has 0 aliphatic carbocycles. The molecule has 0 aliphatic heterocycles. The summed E-state index contributed by atoms with van der Waals surface area (Å²) < 4.78 is 9.15. The number of amides is 5. The van der Waals surface area contributed by atoms with Crippen molar-refractivity contribution in [1.82, 2.24) is 25.8 Å². The second-order valence-corrected chi connectivity index (χ2v) is 11.6. The normalized spacial score (nSPS) is 10.5. The van der Waals surface area contributed by atoms with Gasteiger partial charge >= 0.3 is 11.9 Å². The topological polar surface area (TPSA) is 232 Å². The summed E-state index contributed by atoms with van der Waals surface area (Å²) in [4.78, 5) is 124. The molecule has 0 rings (SSSR count). The summed E-state index contributed by atoms with van der Waals surface area (Å²) >= 11 is 0. The van der Waals surface area contributed by atoms with Gasteiger partial charge < -0.3 is 35.2 Å². The van der Waals surface area contributed by atoms with Crippen LogP contribution in [0.25, 0.3) is 0 Å². The molecular weight excluding hydrogens is 634 g/mol. The fourth-order valence-electron chi connectivity index (χ4n) is 3.68. The summed E-state index contributed by atoms with van der Waals surface area (Å²) in [5.74, 6) is -6.12. The number of methoxy groups -OCH3 is 2. The van der Waals surface area contributed by atoms with Crippen molar-refractivity contribution in [2.45, 2.75) is 66.2 Å². The van der Waals surface area contributed by atoms with Crippen molar-refractivity contribution in [3.8, 4) is 0 Å². The highest BCUT2D eigenvalue weighted by Crippen LogP contribution is 2.04. The van der Waals surface area contributed by atoms with E-state index in [0.717, 1.165) is 24.0 Å². The van der Waals surface area contributed by atoms with E-state index in [1.807, 2.05) is 13.8 Å². The van der Waals surface area contributed by atoms with Crippen LogP contribution in [-0.4, -0.2) is 129 Å². The monoisotopic (exact) mass is 683 g/mol. The third kappa shape index (κ3) is 20.4. The first-order chi connectivity index (χ1) is 22.5. The lowest BCUT2D eigenvalue weighted by atomic mass is 10.1.